The number of allylic oxidation sites excluding steroid dienone is 7. The molecule has 0 radical (unpaired) electrons. The molecule has 1 unspecified atom stereocenters. The van der Waals surface area contributed by atoms with Gasteiger partial charge in [0.05, 0.1) is 0 Å². The zero-order valence-electron chi connectivity index (χ0n) is 32.7. The minimum absolute atomic E-state index is 0.576. The second-order valence-electron chi connectivity index (χ2n) is 12.3. The molecule has 0 aromatic heterocycles. The van der Waals surface area contributed by atoms with E-state index in [4.69, 9.17) is 0 Å². The van der Waals surface area contributed by atoms with Crippen LogP contribution in [0.5, 0.6) is 0 Å². The SMILES string of the molecule is C=C(C)/C(=C\C=C/C)CCC.C=C(C)C(C)CC(C)C.C=C(C)C[C@H](CC)c1cccc(-c2c(C)cccc2C)c1.CC.CC. The summed E-state index contributed by atoms with van der Waals surface area (Å²) in [4.78, 5) is 0. The Bertz CT molecular complexity index is 1110. The lowest BCUT2D eigenvalue weighted by Gasteiger charge is -2.18. The monoisotopic (exact) mass is 615 g/mol. The van der Waals surface area contributed by atoms with Crippen LogP contribution in [0.2, 0.25) is 0 Å². The van der Waals surface area contributed by atoms with Gasteiger partial charge in [-0.3, -0.25) is 0 Å². The summed E-state index contributed by atoms with van der Waals surface area (Å²) in [6.45, 7) is 43.8. The summed E-state index contributed by atoms with van der Waals surface area (Å²) in [7, 11) is 0. The molecule has 2 aromatic rings. The van der Waals surface area contributed by atoms with E-state index in [-0.39, 0.29) is 0 Å². The van der Waals surface area contributed by atoms with Crippen LogP contribution in [-0.2, 0) is 0 Å². The smallest absolute Gasteiger partial charge is 0.0125 e. The molecule has 0 saturated heterocycles. The molecule has 0 bridgehead atoms. The van der Waals surface area contributed by atoms with Gasteiger partial charge in [-0.15, -0.1) is 6.58 Å². The van der Waals surface area contributed by atoms with Crippen LogP contribution in [0.1, 0.15) is 145 Å². The van der Waals surface area contributed by atoms with Gasteiger partial charge in [-0.25, -0.2) is 0 Å². The largest absolute Gasteiger partial charge is 0.100 e. The van der Waals surface area contributed by atoms with Crippen LogP contribution < -0.4 is 0 Å². The first kappa shape index (κ1) is 46.6. The molecule has 254 valence electrons. The van der Waals surface area contributed by atoms with Gasteiger partial charge in [-0.2, -0.15) is 0 Å². The highest BCUT2D eigenvalue weighted by Gasteiger charge is 2.12. The molecule has 0 N–H and O–H groups in total. The van der Waals surface area contributed by atoms with Crippen molar-refractivity contribution in [3.63, 3.8) is 0 Å². The van der Waals surface area contributed by atoms with E-state index >= 15 is 0 Å². The average Bonchev–Trinajstić information content (AvgIpc) is 3.00. The molecule has 0 aliphatic heterocycles. The van der Waals surface area contributed by atoms with Crippen molar-refractivity contribution in [3.05, 3.63) is 119 Å². The Morgan fingerprint density at radius 1 is 0.822 bits per heavy atom. The van der Waals surface area contributed by atoms with Crippen LogP contribution in [0.15, 0.2) is 103 Å². The third-order valence-corrected chi connectivity index (χ3v) is 7.44. The molecule has 0 spiro atoms. The summed E-state index contributed by atoms with van der Waals surface area (Å²) < 4.78 is 0. The number of rotatable bonds is 12. The molecular weight excluding hydrogens is 540 g/mol. The van der Waals surface area contributed by atoms with Gasteiger partial charge in [-0.05, 0) is 118 Å². The second kappa shape index (κ2) is 28.6. The van der Waals surface area contributed by atoms with Crippen molar-refractivity contribution in [2.45, 2.75) is 142 Å². The summed E-state index contributed by atoms with van der Waals surface area (Å²) in [5, 5.41) is 0. The topological polar surface area (TPSA) is 0 Å². The van der Waals surface area contributed by atoms with Crippen molar-refractivity contribution >= 4 is 0 Å². The molecule has 0 nitrogen and oxygen atoms in total. The van der Waals surface area contributed by atoms with Gasteiger partial charge in [0.25, 0.3) is 0 Å². The Morgan fingerprint density at radius 3 is 1.73 bits per heavy atom. The van der Waals surface area contributed by atoms with Crippen molar-refractivity contribution in [1.82, 2.24) is 0 Å². The van der Waals surface area contributed by atoms with E-state index in [1.54, 1.807) is 0 Å². The van der Waals surface area contributed by atoms with Gasteiger partial charge < -0.3 is 0 Å². The quantitative estimate of drug-likeness (QED) is 0.165. The van der Waals surface area contributed by atoms with Gasteiger partial charge in [-0.1, -0.05) is 159 Å². The maximum absolute atomic E-state index is 4.08. The molecule has 0 fully saturated rings. The molecular formula is C45H74. The molecule has 0 heterocycles. The fraction of sp³-hybridized carbons (Fsp3) is 0.511. The normalized spacial score (nSPS) is 11.8. The molecule has 2 aromatic carbocycles. The molecule has 0 aliphatic rings. The first-order valence-corrected chi connectivity index (χ1v) is 17.7. The van der Waals surface area contributed by atoms with Crippen molar-refractivity contribution < 1.29 is 0 Å². The number of benzene rings is 2. The minimum atomic E-state index is 0.576. The maximum atomic E-state index is 4.08. The van der Waals surface area contributed by atoms with Gasteiger partial charge in [0.1, 0.15) is 0 Å². The zero-order valence-corrected chi connectivity index (χ0v) is 32.7. The van der Waals surface area contributed by atoms with Crippen molar-refractivity contribution in [2.24, 2.45) is 11.8 Å². The van der Waals surface area contributed by atoms with E-state index in [2.05, 4.69) is 144 Å². The Labute approximate surface area is 283 Å². The average molecular weight is 615 g/mol. The molecule has 0 aliphatic carbocycles. The highest BCUT2D eigenvalue weighted by atomic mass is 14.2. The Balaban J connectivity index is -0.000000621. The van der Waals surface area contributed by atoms with Gasteiger partial charge in [0.2, 0.25) is 0 Å². The Kier molecular flexibility index (Phi) is 29.6. The Morgan fingerprint density at radius 2 is 1.36 bits per heavy atom. The molecule has 2 rings (SSSR count). The van der Waals surface area contributed by atoms with Gasteiger partial charge >= 0.3 is 0 Å². The lowest BCUT2D eigenvalue weighted by atomic mass is 9.87. The summed E-state index contributed by atoms with van der Waals surface area (Å²) >= 11 is 0. The third kappa shape index (κ3) is 21.5. The van der Waals surface area contributed by atoms with Crippen molar-refractivity contribution in [3.8, 4) is 11.1 Å². The highest BCUT2D eigenvalue weighted by Crippen LogP contribution is 2.32. The lowest BCUT2D eigenvalue weighted by molar-refractivity contribution is 0.487. The van der Waals surface area contributed by atoms with E-state index in [9.17, 15) is 0 Å². The van der Waals surface area contributed by atoms with Crippen LogP contribution >= 0.6 is 0 Å². The van der Waals surface area contributed by atoms with Gasteiger partial charge in [0.15, 0.2) is 0 Å². The lowest BCUT2D eigenvalue weighted by Crippen LogP contribution is -1.99. The van der Waals surface area contributed by atoms with Crippen molar-refractivity contribution in [2.75, 3.05) is 0 Å². The number of aryl methyl sites for hydroxylation is 2. The van der Waals surface area contributed by atoms with E-state index in [0.29, 0.717) is 11.8 Å². The standard InChI is InChI=1S/C21H26.C11H18.C9H18.2C2H6/c1-6-18(13-15(2)3)19-11-8-12-20(14-19)21-16(4)9-7-10-17(21)5;1-5-7-9-11(8-6-2)10(3)4;1-7(2)6-9(5)8(3)4;2*1-2/h7-12,14,18H,2,6,13H2,1,3-5H3;5,7,9H,3,6,8H2,1-2,4H3;7,9H,3,6H2,1-2,4-5H3;2*1-2H3/b;7-5-,11-9-;;;/t18-;;;;/m0..../s1. The fourth-order valence-electron chi connectivity index (χ4n) is 4.97. The summed E-state index contributed by atoms with van der Waals surface area (Å²) in [6.07, 6.45) is 12.1. The van der Waals surface area contributed by atoms with Crippen LogP contribution in [0.4, 0.5) is 0 Å². The number of hydrogen-bond acceptors (Lipinski definition) is 0. The zero-order chi connectivity index (χ0) is 35.5. The first-order chi connectivity index (χ1) is 21.3. The van der Waals surface area contributed by atoms with Crippen molar-refractivity contribution in [1.29, 1.82) is 0 Å². The minimum Gasteiger partial charge on any atom is -0.100 e. The second-order valence-corrected chi connectivity index (χ2v) is 12.3. The van der Waals surface area contributed by atoms with E-state index in [1.807, 2.05) is 40.7 Å². The Hall–Kier alpha value is -2.86. The predicted molar refractivity (Wildman–Crippen MR) is 213 cm³/mol. The third-order valence-electron chi connectivity index (χ3n) is 7.44. The number of hydrogen-bond donors (Lipinski definition) is 0. The molecule has 45 heavy (non-hydrogen) atoms. The van der Waals surface area contributed by atoms with E-state index in [0.717, 1.165) is 25.2 Å². The summed E-state index contributed by atoms with van der Waals surface area (Å²) in [5.41, 5.74) is 12.0. The highest BCUT2D eigenvalue weighted by molar-refractivity contribution is 5.71. The molecule has 0 saturated carbocycles. The van der Waals surface area contributed by atoms with Crippen LogP contribution in [0.3, 0.4) is 0 Å². The fourth-order valence-corrected chi connectivity index (χ4v) is 4.97. The van der Waals surface area contributed by atoms with Crippen LogP contribution in [0.25, 0.3) is 11.1 Å². The molecule has 0 amide bonds. The predicted octanol–water partition coefficient (Wildman–Crippen LogP) is 15.6. The maximum Gasteiger partial charge on any atom is -0.0125 e. The van der Waals surface area contributed by atoms with Crippen LogP contribution in [0, 0.1) is 25.7 Å². The van der Waals surface area contributed by atoms with Gasteiger partial charge in [0, 0.05) is 0 Å². The summed E-state index contributed by atoms with van der Waals surface area (Å²) in [5.74, 6) is 2.08. The van der Waals surface area contributed by atoms with Crippen LogP contribution in [-0.4, -0.2) is 0 Å². The first-order valence-electron chi connectivity index (χ1n) is 17.7. The molecule has 0 heteroatoms. The van der Waals surface area contributed by atoms with E-state index < -0.39 is 0 Å². The molecule has 2 atom stereocenters. The van der Waals surface area contributed by atoms with E-state index in [1.165, 1.54) is 63.0 Å². The summed E-state index contributed by atoms with van der Waals surface area (Å²) in [6, 6.07) is 15.6.